The molecule has 0 radical (unpaired) electrons. The molecule has 4 aromatic rings. The van der Waals surface area contributed by atoms with E-state index in [1.807, 2.05) is 27.7 Å². The van der Waals surface area contributed by atoms with E-state index < -0.39 is 0 Å². The Balaban J connectivity index is 0.000000161. The van der Waals surface area contributed by atoms with Crippen LogP contribution in [0.5, 0.6) is 0 Å². The second-order valence-corrected chi connectivity index (χ2v) is 9.95. The number of oxime groups is 2. The first-order valence-corrected chi connectivity index (χ1v) is 12.8. The quantitative estimate of drug-likeness (QED) is 0.165. The zero-order chi connectivity index (χ0) is 28.6. The van der Waals surface area contributed by atoms with Crippen LogP contribution in [0.25, 0.3) is 22.3 Å². The lowest BCUT2D eigenvalue weighted by Crippen LogP contribution is -2.04. The fourth-order valence-corrected chi connectivity index (χ4v) is 4.59. The Morgan fingerprint density at radius 1 is 0.425 bits per heavy atom. The molecule has 8 heteroatoms. The van der Waals surface area contributed by atoms with Crippen molar-refractivity contribution in [1.82, 2.24) is 0 Å². The molecule has 40 heavy (non-hydrogen) atoms. The molecule has 0 saturated carbocycles. The van der Waals surface area contributed by atoms with E-state index in [9.17, 15) is 17.6 Å². The molecule has 0 aliphatic heterocycles. The second kappa shape index (κ2) is 11.0. The van der Waals surface area contributed by atoms with E-state index in [-0.39, 0.29) is 35.5 Å². The van der Waals surface area contributed by atoms with Gasteiger partial charge in [0.2, 0.25) is 0 Å². The molecule has 0 saturated heterocycles. The van der Waals surface area contributed by atoms with Gasteiger partial charge in [-0.1, -0.05) is 34.6 Å². The van der Waals surface area contributed by atoms with Crippen LogP contribution in [0, 0.1) is 23.3 Å². The Labute approximate surface area is 229 Å². The third kappa shape index (κ3) is 5.34. The van der Waals surface area contributed by atoms with E-state index in [0.717, 1.165) is 22.3 Å². The Kier molecular flexibility index (Phi) is 7.43. The van der Waals surface area contributed by atoms with Crippen LogP contribution in [0.1, 0.15) is 49.9 Å². The van der Waals surface area contributed by atoms with Crippen molar-refractivity contribution >= 4 is 11.4 Å². The zero-order valence-corrected chi connectivity index (χ0v) is 22.3. The highest BCUT2D eigenvalue weighted by molar-refractivity contribution is 6.25. The van der Waals surface area contributed by atoms with E-state index in [1.165, 1.54) is 48.5 Å². The molecule has 2 aliphatic rings. The van der Waals surface area contributed by atoms with Gasteiger partial charge >= 0.3 is 0 Å². The maximum absolute atomic E-state index is 13.5. The summed E-state index contributed by atoms with van der Waals surface area (Å²) >= 11 is 0. The summed E-state index contributed by atoms with van der Waals surface area (Å²) in [7, 11) is 0. The van der Waals surface area contributed by atoms with Gasteiger partial charge in [-0.05, 0) is 98.5 Å². The lowest BCUT2D eigenvalue weighted by molar-refractivity contribution is 0.0862. The molecule has 6 rings (SSSR count). The monoisotopic (exact) mass is 546 g/mol. The van der Waals surface area contributed by atoms with Crippen LogP contribution < -0.4 is 0 Å². The Morgan fingerprint density at radius 3 is 0.900 bits per heavy atom. The Morgan fingerprint density at radius 2 is 0.675 bits per heavy atom. The fraction of sp³-hybridized carbons (Fsp3) is 0.188. The Hall–Kier alpha value is -4.46. The topological polar surface area (TPSA) is 43.2 Å². The molecular formula is C32H26F4N2O2. The molecule has 4 aromatic carbocycles. The highest BCUT2D eigenvalue weighted by atomic mass is 19.1. The number of benzene rings is 4. The minimum atomic E-state index is -0.353. The van der Waals surface area contributed by atoms with Gasteiger partial charge in [0.1, 0.15) is 46.9 Å². The normalized spacial score (nSPS) is 12.3. The number of fused-ring (bicyclic) bond motifs is 6. The summed E-state index contributed by atoms with van der Waals surface area (Å²) in [6.45, 7) is 7.38. The minimum absolute atomic E-state index is 0.0999. The van der Waals surface area contributed by atoms with Crippen molar-refractivity contribution < 1.29 is 27.2 Å². The predicted molar refractivity (Wildman–Crippen MR) is 147 cm³/mol. The number of hydrogen-bond acceptors (Lipinski definition) is 4. The van der Waals surface area contributed by atoms with Crippen molar-refractivity contribution in [2.75, 3.05) is 0 Å². The van der Waals surface area contributed by atoms with Gasteiger partial charge in [0.15, 0.2) is 0 Å². The summed E-state index contributed by atoms with van der Waals surface area (Å²) in [5.74, 6) is -1.41. The highest BCUT2D eigenvalue weighted by Gasteiger charge is 2.28. The van der Waals surface area contributed by atoms with E-state index >= 15 is 0 Å². The molecule has 0 fully saturated rings. The molecule has 0 atom stereocenters. The van der Waals surface area contributed by atoms with Crippen molar-refractivity contribution in [2.45, 2.75) is 39.9 Å². The molecule has 0 bridgehead atoms. The van der Waals surface area contributed by atoms with Gasteiger partial charge in [-0.2, -0.15) is 0 Å². The first kappa shape index (κ1) is 27.1. The zero-order valence-electron chi connectivity index (χ0n) is 22.3. The van der Waals surface area contributed by atoms with Crippen LogP contribution in [0.15, 0.2) is 83.1 Å². The summed E-state index contributed by atoms with van der Waals surface area (Å²) < 4.78 is 53.9. The average molecular weight is 547 g/mol. The lowest BCUT2D eigenvalue weighted by Gasteiger charge is -2.05. The van der Waals surface area contributed by atoms with Crippen molar-refractivity contribution in [1.29, 1.82) is 0 Å². The summed E-state index contributed by atoms with van der Waals surface area (Å²) in [4.78, 5) is 10.5. The average Bonchev–Trinajstić information content (AvgIpc) is 3.36. The number of rotatable bonds is 4. The largest absolute Gasteiger partial charge is 0.393 e. The van der Waals surface area contributed by atoms with Crippen molar-refractivity contribution in [3.05, 3.63) is 118 Å². The van der Waals surface area contributed by atoms with E-state index in [1.54, 1.807) is 24.3 Å². The van der Waals surface area contributed by atoms with E-state index in [4.69, 9.17) is 9.68 Å². The fourth-order valence-electron chi connectivity index (χ4n) is 4.59. The van der Waals surface area contributed by atoms with Crippen LogP contribution in [-0.4, -0.2) is 23.6 Å². The third-order valence-corrected chi connectivity index (χ3v) is 6.24. The third-order valence-electron chi connectivity index (χ3n) is 6.24. The molecule has 0 aromatic heterocycles. The van der Waals surface area contributed by atoms with Crippen molar-refractivity contribution in [2.24, 2.45) is 10.3 Å². The standard InChI is InChI=1S/2C16H13F2NO/c2*1-9(2)20-19-16-14-7-10(17)3-5-12(14)13-6-4-11(18)8-15(13)16/h2*3-9H,1-2H3. The van der Waals surface area contributed by atoms with Gasteiger partial charge in [-0.25, -0.2) is 17.6 Å². The Bertz CT molecular complexity index is 1430. The van der Waals surface area contributed by atoms with Crippen LogP contribution in [0.4, 0.5) is 17.6 Å². The summed E-state index contributed by atoms with van der Waals surface area (Å²) in [5, 5.41) is 8.14. The first-order chi connectivity index (χ1) is 19.1. The summed E-state index contributed by atoms with van der Waals surface area (Å²) in [6.07, 6.45) is -0.200. The molecule has 0 spiro atoms. The summed E-state index contributed by atoms with van der Waals surface area (Å²) in [6, 6.07) is 17.9. The molecule has 0 amide bonds. The molecule has 0 N–H and O–H groups in total. The van der Waals surface area contributed by atoms with Crippen LogP contribution in [0.3, 0.4) is 0 Å². The van der Waals surface area contributed by atoms with Gasteiger partial charge < -0.3 is 9.68 Å². The van der Waals surface area contributed by atoms with Gasteiger partial charge in [0.05, 0.1) is 0 Å². The van der Waals surface area contributed by atoms with Gasteiger partial charge in [0.25, 0.3) is 0 Å². The molecule has 4 nitrogen and oxygen atoms in total. The maximum Gasteiger partial charge on any atom is 0.123 e. The second-order valence-electron chi connectivity index (χ2n) is 9.95. The van der Waals surface area contributed by atoms with Crippen molar-refractivity contribution in [3.8, 4) is 22.3 Å². The number of halogens is 4. The minimum Gasteiger partial charge on any atom is -0.393 e. The first-order valence-electron chi connectivity index (χ1n) is 12.8. The summed E-state index contributed by atoms with van der Waals surface area (Å²) in [5.41, 5.74) is 6.83. The molecule has 0 heterocycles. The lowest BCUT2D eigenvalue weighted by atomic mass is 10.1. The van der Waals surface area contributed by atoms with Crippen LogP contribution in [0.2, 0.25) is 0 Å². The smallest absolute Gasteiger partial charge is 0.123 e. The van der Waals surface area contributed by atoms with Crippen LogP contribution in [-0.2, 0) is 9.68 Å². The molecule has 2 aliphatic carbocycles. The number of hydrogen-bond donors (Lipinski definition) is 0. The van der Waals surface area contributed by atoms with Gasteiger partial charge in [-0.3, -0.25) is 0 Å². The molecule has 204 valence electrons. The maximum atomic E-state index is 13.5. The highest BCUT2D eigenvalue weighted by Crippen LogP contribution is 2.39. The van der Waals surface area contributed by atoms with E-state index in [2.05, 4.69) is 10.3 Å². The molecule has 0 unspecified atom stereocenters. The molecular weight excluding hydrogens is 520 g/mol. The van der Waals surface area contributed by atoms with Crippen molar-refractivity contribution in [3.63, 3.8) is 0 Å². The van der Waals surface area contributed by atoms with Gasteiger partial charge in [0, 0.05) is 22.3 Å². The van der Waals surface area contributed by atoms with E-state index in [0.29, 0.717) is 33.7 Å². The predicted octanol–water partition coefficient (Wildman–Crippen LogP) is 8.25. The SMILES string of the molecule is CC(C)ON=C1c2cc(F)ccc2-c2ccc(F)cc21.CC(C)ON=C1c2cc(F)ccc2-c2ccc(F)cc21. The number of nitrogens with zero attached hydrogens (tertiary/aromatic N) is 2. The van der Waals surface area contributed by atoms with Gasteiger partial charge in [-0.15, -0.1) is 0 Å². The van der Waals surface area contributed by atoms with Crippen LogP contribution >= 0.6 is 0 Å².